The molecule has 0 spiro atoms. The minimum absolute atomic E-state index is 0.0830. The Hall–Kier alpha value is -1.03. The maximum absolute atomic E-state index is 11.0. The van der Waals surface area contributed by atoms with Crippen molar-refractivity contribution in [2.45, 2.75) is 51.6 Å². The van der Waals surface area contributed by atoms with Gasteiger partial charge in [-0.1, -0.05) is 29.8 Å². The molecule has 0 bridgehead atoms. The lowest BCUT2D eigenvalue weighted by Crippen LogP contribution is -2.26. The third kappa shape index (κ3) is 2.94. The van der Waals surface area contributed by atoms with Crippen molar-refractivity contribution in [1.82, 2.24) is 0 Å². The van der Waals surface area contributed by atoms with Gasteiger partial charge in [0.1, 0.15) is 11.4 Å². The standard InChI is InChI=1S/C15H19BrO3/c1-14(2,8-12(17)18)11-6-10(16)5-9-7-15(3,4)19-13(9)11/h5-6H,7-8H2,1-4H3,(H,17,18). The van der Waals surface area contributed by atoms with E-state index in [-0.39, 0.29) is 12.0 Å². The maximum atomic E-state index is 11.0. The van der Waals surface area contributed by atoms with Gasteiger partial charge in [-0.3, -0.25) is 4.79 Å². The molecule has 104 valence electrons. The molecule has 0 saturated heterocycles. The van der Waals surface area contributed by atoms with Gasteiger partial charge in [0.2, 0.25) is 0 Å². The van der Waals surface area contributed by atoms with Gasteiger partial charge in [-0.05, 0) is 31.5 Å². The summed E-state index contributed by atoms with van der Waals surface area (Å²) in [5.41, 5.74) is 1.43. The first kappa shape index (κ1) is 14.4. The summed E-state index contributed by atoms with van der Waals surface area (Å²) >= 11 is 3.51. The highest BCUT2D eigenvalue weighted by molar-refractivity contribution is 9.10. The summed E-state index contributed by atoms with van der Waals surface area (Å²) < 4.78 is 7.01. The lowest BCUT2D eigenvalue weighted by molar-refractivity contribution is -0.138. The van der Waals surface area contributed by atoms with E-state index in [9.17, 15) is 4.79 Å². The van der Waals surface area contributed by atoms with Crippen LogP contribution in [0.3, 0.4) is 0 Å². The van der Waals surface area contributed by atoms with Crippen LogP contribution >= 0.6 is 15.9 Å². The number of rotatable bonds is 3. The first-order chi connectivity index (χ1) is 8.61. The molecule has 1 aromatic rings. The zero-order valence-electron chi connectivity index (χ0n) is 11.7. The average Bonchev–Trinajstić information content (AvgIpc) is 2.48. The smallest absolute Gasteiger partial charge is 0.304 e. The van der Waals surface area contributed by atoms with E-state index in [2.05, 4.69) is 35.8 Å². The molecule has 0 aliphatic carbocycles. The van der Waals surface area contributed by atoms with Crippen LogP contribution in [0.15, 0.2) is 16.6 Å². The first-order valence-corrected chi connectivity index (χ1v) is 7.14. The molecule has 1 N–H and O–H groups in total. The quantitative estimate of drug-likeness (QED) is 0.915. The Morgan fingerprint density at radius 3 is 2.68 bits per heavy atom. The van der Waals surface area contributed by atoms with E-state index in [1.165, 1.54) is 0 Å². The number of ether oxygens (including phenoxy) is 1. The SMILES string of the molecule is CC1(C)Cc2cc(Br)cc(C(C)(C)CC(=O)O)c2O1. The van der Waals surface area contributed by atoms with Gasteiger partial charge < -0.3 is 9.84 Å². The average molecular weight is 327 g/mol. The lowest BCUT2D eigenvalue weighted by atomic mass is 9.80. The van der Waals surface area contributed by atoms with Crippen LogP contribution in [0.1, 0.15) is 45.2 Å². The number of halogens is 1. The summed E-state index contributed by atoms with van der Waals surface area (Å²) in [4.78, 5) is 11.0. The normalized spacial score (nSPS) is 16.9. The number of hydrogen-bond acceptors (Lipinski definition) is 2. The molecular weight excluding hydrogens is 308 g/mol. The van der Waals surface area contributed by atoms with Gasteiger partial charge in [0.15, 0.2) is 0 Å². The second-order valence-electron chi connectivity index (χ2n) is 6.43. The molecule has 0 unspecified atom stereocenters. The Morgan fingerprint density at radius 2 is 2.11 bits per heavy atom. The summed E-state index contributed by atoms with van der Waals surface area (Å²) in [6.45, 7) is 7.99. The molecular formula is C15H19BrO3. The van der Waals surface area contributed by atoms with Crippen LogP contribution in [0, 0.1) is 0 Å². The van der Waals surface area contributed by atoms with Crippen molar-refractivity contribution in [2.24, 2.45) is 0 Å². The number of fused-ring (bicyclic) bond motifs is 1. The van der Waals surface area contributed by atoms with Gasteiger partial charge in [0.05, 0.1) is 6.42 Å². The highest BCUT2D eigenvalue weighted by Crippen LogP contribution is 2.45. The van der Waals surface area contributed by atoms with Crippen LogP contribution in [0.5, 0.6) is 5.75 Å². The monoisotopic (exact) mass is 326 g/mol. The van der Waals surface area contributed by atoms with E-state index >= 15 is 0 Å². The van der Waals surface area contributed by atoms with Crippen molar-refractivity contribution in [3.63, 3.8) is 0 Å². The number of aliphatic carboxylic acids is 1. The number of carboxylic acids is 1. The fourth-order valence-electron chi connectivity index (χ4n) is 2.65. The van der Waals surface area contributed by atoms with Crippen molar-refractivity contribution >= 4 is 21.9 Å². The van der Waals surface area contributed by atoms with E-state index in [1.54, 1.807) is 0 Å². The van der Waals surface area contributed by atoms with Gasteiger partial charge >= 0.3 is 5.97 Å². The molecule has 0 atom stereocenters. The summed E-state index contributed by atoms with van der Waals surface area (Å²) in [6, 6.07) is 4.04. The van der Waals surface area contributed by atoms with Crippen molar-refractivity contribution in [3.05, 3.63) is 27.7 Å². The molecule has 1 aliphatic heterocycles. The minimum atomic E-state index is -0.795. The molecule has 1 heterocycles. The van der Waals surface area contributed by atoms with Crippen molar-refractivity contribution in [3.8, 4) is 5.75 Å². The van der Waals surface area contributed by atoms with Crippen molar-refractivity contribution in [2.75, 3.05) is 0 Å². The van der Waals surface area contributed by atoms with Gasteiger partial charge in [0, 0.05) is 21.9 Å². The number of benzene rings is 1. The molecule has 0 fully saturated rings. The molecule has 0 radical (unpaired) electrons. The molecule has 4 heteroatoms. The number of carboxylic acid groups (broad SMARTS) is 1. The zero-order valence-corrected chi connectivity index (χ0v) is 13.3. The second-order valence-corrected chi connectivity index (χ2v) is 7.35. The fourth-order valence-corrected chi connectivity index (χ4v) is 3.15. The van der Waals surface area contributed by atoms with Gasteiger partial charge in [-0.15, -0.1) is 0 Å². The number of hydrogen-bond donors (Lipinski definition) is 1. The highest BCUT2D eigenvalue weighted by Gasteiger charge is 2.37. The number of carbonyl (C=O) groups is 1. The molecule has 0 aromatic heterocycles. The van der Waals surface area contributed by atoms with Crippen LogP contribution in [0.2, 0.25) is 0 Å². The molecule has 0 saturated carbocycles. The van der Waals surface area contributed by atoms with Crippen LogP contribution < -0.4 is 4.74 Å². The third-order valence-corrected chi connectivity index (χ3v) is 3.91. The summed E-state index contributed by atoms with van der Waals surface area (Å²) in [7, 11) is 0. The summed E-state index contributed by atoms with van der Waals surface area (Å²) in [5.74, 6) is 0.0652. The van der Waals surface area contributed by atoms with E-state index < -0.39 is 11.4 Å². The zero-order chi connectivity index (χ0) is 14.4. The predicted molar refractivity (Wildman–Crippen MR) is 77.8 cm³/mol. The van der Waals surface area contributed by atoms with Crippen molar-refractivity contribution in [1.29, 1.82) is 0 Å². The molecule has 0 amide bonds. The van der Waals surface area contributed by atoms with E-state index in [0.29, 0.717) is 0 Å². The molecule has 1 aromatic carbocycles. The van der Waals surface area contributed by atoms with E-state index in [4.69, 9.17) is 9.84 Å². The van der Waals surface area contributed by atoms with Crippen LogP contribution in [-0.4, -0.2) is 16.7 Å². The Balaban J connectivity index is 2.51. The Kier molecular flexibility index (Phi) is 3.42. The summed E-state index contributed by atoms with van der Waals surface area (Å²) in [6.07, 6.45) is 0.928. The second kappa shape index (κ2) is 4.51. The van der Waals surface area contributed by atoms with Crippen LogP contribution in [0.4, 0.5) is 0 Å². The van der Waals surface area contributed by atoms with Gasteiger partial charge in [-0.25, -0.2) is 0 Å². The molecule has 3 nitrogen and oxygen atoms in total. The Morgan fingerprint density at radius 1 is 1.47 bits per heavy atom. The predicted octanol–water partition coefficient (Wildman–Crippen LogP) is 3.91. The third-order valence-electron chi connectivity index (χ3n) is 3.45. The topological polar surface area (TPSA) is 46.5 Å². The molecule has 19 heavy (non-hydrogen) atoms. The largest absolute Gasteiger partial charge is 0.487 e. The first-order valence-electron chi connectivity index (χ1n) is 6.34. The Labute approximate surface area is 122 Å². The lowest BCUT2D eigenvalue weighted by Gasteiger charge is -2.27. The fraction of sp³-hybridized carbons (Fsp3) is 0.533. The van der Waals surface area contributed by atoms with Crippen LogP contribution in [0.25, 0.3) is 0 Å². The van der Waals surface area contributed by atoms with Crippen molar-refractivity contribution < 1.29 is 14.6 Å². The van der Waals surface area contributed by atoms with Gasteiger partial charge in [0.25, 0.3) is 0 Å². The van der Waals surface area contributed by atoms with E-state index in [0.717, 1.165) is 27.8 Å². The van der Waals surface area contributed by atoms with Crippen LogP contribution in [-0.2, 0) is 16.6 Å². The molecule has 1 aliphatic rings. The molecule has 2 rings (SSSR count). The Bertz CT molecular complexity index is 532. The summed E-state index contributed by atoms with van der Waals surface area (Å²) in [5, 5.41) is 9.08. The van der Waals surface area contributed by atoms with Gasteiger partial charge in [-0.2, -0.15) is 0 Å². The van der Waals surface area contributed by atoms with E-state index in [1.807, 2.05) is 19.9 Å². The maximum Gasteiger partial charge on any atom is 0.304 e. The minimum Gasteiger partial charge on any atom is -0.487 e. The highest BCUT2D eigenvalue weighted by atomic mass is 79.9.